The number of morpholine rings is 1. The Kier molecular flexibility index (Phi) is 6.34. The highest BCUT2D eigenvalue weighted by atomic mass is 32.1. The van der Waals surface area contributed by atoms with Crippen LogP contribution in [0.2, 0.25) is 0 Å². The molecule has 0 spiro atoms. The van der Waals surface area contributed by atoms with Crippen molar-refractivity contribution < 1.29 is 9.53 Å². The maximum absolute atomic E-state index is 13.1. The molecule has 2 aromatic carbocycles. The zero-order valence-electron chi connectivity index (χ0n) is 16.6. The largest absolute Gasteiger partial charge is 0.379 e. The molecule has 0 N–H and O–H groups in total. The number of aromatic nitrogens is 1. The molecule has 150 valence electrons. The Balaban J connectivity index is 1.56. The maximum Gasteiger partial charge on any atom is 0.252 e. The Hall–Kier alpha value is -2.54. The molecular formula is C23H25N3O2S. The highest BCUT2D eigenvalue weighted by Crippen LogP contribution is 2.29. The fraction of sp³-hybridized carbons (Fsp3) is 0.304. The van der Waals surface area contributed by atoms with Gasteiger partial charge in [0.15, 0.2) is 5.13 Å². The van der Waals surface area contributed by atoms with Crippen molar-refractivity contribution in [2.24, 2.45) is 0 Å². The lowest BCUT2D eigenvalue weighted by molar-refractivity contribution is -0.114. The second-order valence-electron chi connectivity index (χ2n) is 7.16. The Morgan fingerprint density at radius 2 is 2.00 bits per heavy atom. The first-order chi connectivity index (χ1) is 14.2. The smallest absolute Gasteiger partial charge is 0.252 e. The molecule has 2 heterocycles. The summed E-state index contributed by atoms with van der Waals surface area (Å²) in [6, 6.07) is 16.1. The van der Waals surface area contributed by atoms with Crippen molar-refractivity contribution in [3.8, 4) is 0 Å². The minimum Gasteiger partial charge on any atom is -0.379 e. The van der Waals surface area contributed by atoms with Crippen molar-refractivity contribution in [2.45, 2.75) is 6.92 Å². The van der Waals surface area contributed by atoms with Crippen LogP contribution in [0.3, 0.4) is 0 Å². The highest BCUT2D eigenvalue weighted by molar-refractivity contribution is 7.22. The first kappa shape index (κ1) is 19.8. The average Bonchev–Trinajstić information content (AvgIpc) is 3.16. The zero-order valence-corrected chi connectivity index (χ0v) is 17.4. The van der Waals surface area contributed by atoms with Gasteiger partial charge in [-0.2, -0.15) is 0 Å². The molecule has 1 fully saturated rings. The van der Waals surface area contributed by atoms with E-state index in [1.165, 1.54) is 5.56 Å². The lowest BCUT2D eigenvalue weighted by Crippen LogP contribution is -2.42. The van der Waals surface area contributed by atoms with Crippen LogP contribution in [-0.2, 0) is 9.53 Å². The van der Waals surface area contributed by atoms with Crippen LogP contribution in [0, 0.1) is 6.92 Å². The number of carbonyl (C=O) groups is 1. The molecule has 1 amide bonds. The van der Waals surface area contributed by atoms with E-state index in [4.69, 9.17) is 9.72 Å². The van der Waals surface area contributed by atoms with Gasteiger partial charge in [-0.25, -0.2) is 4.98 Å². The summed E-state index contributed by atoms with van der Waals surface area (Å²) in [6.07, 6.45) is 3.51. The number of hydrogen-bond acceptors (Lipinski definition) is 5. The molecule has 4 rings (SSSR count). The van der Waals surface area contributed by atoms with E-state index in [0.29, 0.717) is 6.54 Å². The van der Waals surface area contributed by atoms with Gasteiger partial charge in [0.2, 0.25) is 0 Å². The van der Waals surface area contributed by atoms with E-state index in [2.05, 4.69) is 24.0 Å². The molecule has 6 heteroatoms. The second kappa shape index (κ2) is 9.31. The van der Waals surface area contributed by atoms with Gasteiger partial charge in [0.05, 0.1) is 23.4 Å². The van der Waals surface area contributed by atoms with Gasteiger partial charge in [-0.3, -0.25) is 14.6 Å². The average molecular weight is 408 g/mol. The Morgan fingerprint density at radius 3 is 2.79 bits per heavy atom. The number of amides is 1. The number of nitrogens with zero attached hydrogens (tertiary/aromatic N) is 3. The van der Waals surface area contributed by atoms with Gasteiger partial charge in [-0.1, -0.05) is 47.7 Å². The standard InChI is InChI=1S/C23H25N3O2S/c1-18-7-9-20-21(17-18)29-23(24-20)26(12-11-25-13-15-28-16-14-25)22(27)10-8-19-5-3-2-4-6-19/h2-10,17H,11-16H2,1H3. The monoisotopic (exact) mass is 407 g/mol. The van der Waals surface area contributed by atoms with Crippen LogP contribution in [0.5, 0.6) is 0 Å². The van der Waals surface area contributed by atoms with Gasteiger partial charge in [0.25, 0.3) is 5.91 Å². The van der Waals surface area contributed by atoms with Crippen molar-refractivity contribution in [1.29, 1.82) is 0 Å². The molecule has 0 bridgehead atoms. The minimum atomic E-state index is -0.0436. The summed E-state index contributed by atoms with van der Waals surface area (Å²) in [4.78, 5) is 22.0. The molecule has 0 unspecified atom stereocenters. The zero-order chi connectivity index (χ0) is 20.1. The van der Waals surface area contributed by atoms with Crippen LogP contribution in [0.15, 0.2) is 54.6 Å². The van der Waals surface area contributed by atoms with Crippen LogP contribution in [0.25, 0.3) is 16.3 Å². The molecule has 3 aromatic rings. The van der Waals surface area contributed by atoms with Crippen molar-refractivity contribution in [2.75, 3.05) is 44.3 Å². The molecule has 1 aliphatic heterocycles. The molecule has 0 aliphatic carbocycles. The van der Waals surface area contributed by atoms with E-state index < -0.39 is 0 Å². The van der Waals surface area contributed by atoms with Crippen molar-refractivity contribution in [3.05, 3.63) is 65.7 Å². The number of benzene rings is 2. The summed E-state index contributed by atoms with van der Waals surface area (Å²) < 4.78 is 6.54. The lowest BCUT2D eigenvalue weighted by atomic mass is 10.2. The van der Waals surface area contributed by atoms with Gasteiger partial charge in [-0.05, 0) is 36.3 Å². The highest BCUT2D eigenvalue weighted by Gasteiger charge is 2.20. The minimum absolute atomic E-state index is 0.0436. The van der Waals surface area contributed by atoms with Gasteiger partial charge in [-0.15, -0.1) is 0 Å². The third-order valence-electron chi connectivity index (χ3n) is 4.99. The third-order valence-corrected chi connectivity index (χ3v) is 6.03. The summed E-state index contributed by atoms with van der Waals surface area (Å²) >= 11 is 1.57. The number of anilines is 1. The molecule has 5 nitrogen and oxygen atoms in total. The summed E-state index contributed by atoms with van der Waals surface area (Å²) in [5.41, 5.74) is 3.14. The third kappa shape index (κ3) is 5.09. The van der Waals surface area contributed by atoms with E-state index in [0.717, 1.165) is 53.8 Å². The molecule has 0 radical (unpaired) electrons. The summed E-state index contributed by atoms with van der Waals surface area (Å²) in [5.74, 6) is -0.0436. The van der Waals surface area contributed by atoms with Gasteiger partial charge < -0.3 is 4.74 Å². The van der Waals surface area contributed by atoms with E-state index in [9.17, 15) is 4.79 Å². The molecular weight excluding hydrogens is 382 g/mol. The first-order valence-electron chi connectivity index (χ1n) is 9.91. The lowest BCUT2D eigenvalue weighted by Gasteiger charge is -2.28. The summed E-state index contributed by atoms with van der Waals surface area (Å²) in [5, 5.41) is 0.751. The number of hydrogen-bond donors (Lipinski definition) is 0. The van der Waals surface area contributed by atoms with E-state index in [1.807, 2.05) is 42.5 Å². The molecule has 0 atom stereocenters. The van der Waals surface area contributed by atoms with Crippen LogP contribution in [0.1, 0.15) is 11.1 Å². The molecule has 0 saturated carbocycles. The molecule has 1 aromatic heterocycles. The fourth-order valence-corrected chi connectivity index (χ4v) is 4.42. The number of thiazole rings is 1. The normalized spacial score (nSPS) is 15.2. The maximum atomic E-state index is 13.1. The first-order valence-corrected chi connectivity index (χ1v) is 10.7. The number of fused-ring (bicyclic) bond motifs is 1. The molecule has 1 aliphatic rings. The SMILES string of the molecule is Cc1ccc2nc(N(CCN3CCOCC3)C(=O)C=Cc3ccccc3)sc2c1. The van der Waals surface area contributed by atoms with Crippen molar-refractivity contribution >= 4 is 38.7 Å². The number of aryl methyl sites for hydroxylation is 1. The molecule has 1 saturated heterocycles. The number of ether oxygens (including phenoxy) is 1. The van der Waals surface area contributed by atoms with E-state index in [-0.39, 0.29) is 5.91 Å². The Bertz CT molecular complexity index is 994. The van der Waals surface area contributed by atoms with Crippen LogP contribution in [0.4, 0.5) is 5.13 Å². The van der Waals surface area contributed by atoms with E-state index >= 15 is 0 Å². The van der Waals surface area contributed by atoms with Crippen molar-refractivity contribution in [1.82, 2.24) is 9.88 Å². The summed E-state index contributed by atoms with van der Waals surface area (Å²) in [7, 11) is 0. The second-order valence-corrected chi connectivity index (χ2v) is 8.16. The van der Waals surface area contributed by atoms with Crippen LogP contribution in [-0.4, -0.2) is 55.2 Å². The predicted octanol–water partition coefficient (Wildman–Crippen LogP) is 3.98. The topological polar surface area (TPSA) is 45.7 Å². The quantitative estimate of drug-likeness (QED) is 0.580. The molecule has 29 heavy (non-hydrogen) atoms. The van der Waals surface area contributed by atoms with Gasteiger partial charge >= 0.3 is 0 Å². The number of rotatable bonds is 6. The summed E-state index contributed by atoms with van der Waals surface area (Å²) in [6.45, 7) is 6.80. The van der Waals surface area contributed by atoms with E-state index in [1.54, 1.807) is 22.3 Å². The predicted molar refractivity (Wildman–Crippen MR) is 119 cm³/mol. The number of carbonyl (C=O) groups excluding carboxylic acids is 1. The van der Waals surface area contributed by atoms with Crippen LogP contribution < -0.4 is 4.90 Å². The van der Waals surface area contributed by atoms with Crippen molar-refractivity contribution in [3.63, 3.8) is 0 Å². The van der Waals surface area contributed by atoms with Crippen LogP contribution >= 0.6 is 11.3 Å². The Labute approximate surface area is 175 Å². The Morgan fingerprint density at radius 1 is 1.21 bits per heavy atom. The fourth-order valence-electron chi connectivity index (χ4n) is 3.32. The van der Waals surface area contributed by atoms with Gasteiger partial charge in [0, 0.05) is 32.3 Å². The van der Waals surface area contributed by atoms with Gasteiger partial charge in [0.1, 0.15) is 0 Å².